The topological polar surface area (TPSA) is 288 Å². The van der Waals surface area contributed by atoms with Gasteiger partial charge < -0.3 is 48.1 Å². The van der Waals surface area contributed by atoms with Crippen LogP contribution >= 0.6 is 27.2 Å². The Morgan fingerprint density at radius 1 is 0.505 bits per heavy atom. The van der Waals surface area contributed by atoms with E-state index in [9.17, 15) is 37.9 Å². The van der Waals surface area contributed by atoms with Gasteiger partial charge in [0.2, 0.25) is 11.8 Å². The second kappa shape index (κ2) is 30.5. The van der Waals surface area contributed by atoms with E-state index in [1.165, 1.54) is 67.6 Å². The van der Waals surface area contributed by atoms with E-state index in [4.69, 9.17) is 57.7 Å². The number of methoxy groups -OCH3 is 4. The summed E-state index contributed by atoms with van der Waals surface area (Å²) < 4.78 is 81.5. The second-order valence-electron chi connectivity index (χ2n) is 24.6. The quantitative estimate of drug-likeness (QED) is 0.0341. The van der Waals surface area contributed by atoms with E-state index in [1.54, 1.807) is 129 Å². The zero-order valence-corrected chi connectivity index (χ0v) is 57.0. The number of carbonyl (C=O) groups is 6. The molecule has 1 N–H and O–H groups in total. The molecular weight excluding hydrogens is 1240 g/mol. The van der Waals surface area contributed by atoms with Gasteiger partial charge in [0.1, 0.15) is 35.3 Å². The zero-order valence-electron chi connectivity index (χ0n) is 54.4. The number of carbonyl (C=O) groups excluding carboxylic acids is 6. The SMILES string of the molecule is CC(C)(C)OP(=O)(OCCl)OC(C)(C)C.COc1cnc(OC)c2c1c(C(=O)C(=O)N1CCN(C(=O)c3ccccc3)CC1)cn2COP(=O)(OC(C)(C)C)OC(C)(C)C.COc1ncc(OC)c2c(C(=O)C(=O)N3CCN(C(=O)c4ccccc4)CC3)c[nH]c12. The van der Waals surface area contributed by atoms with Gasteiger partial charge in [-0.2, -0.15) is 0 Å². The van der Waals surface area contributed by atoms with Crippen molar-refractivity contribution in [3.05, 3.63) is 108 Å². The van der Waals surface area contributed by atoms with Crippen molar-refractivity contribution < 1.29 is 84.0 Å². The minimum atomic E-state index is -4.15. The lowest BCUT2D eigenvalue weighted by Gasteiger charge is -2.34. The van der Waals surface area contributed by atoms with Crippen LogP contribution in [0.15, 0.2) is 85.5 Å². The van der Waals surface area contributed by atoms with Gasteiger partial charge in [0, 0.05) is 75.9 Å². The summed E-state index contributed by atoms with van der Waals surface area (Å²) in [6, 6.07) is 17.7. The van der Waals surface area contributed by atoms with Crippen molar-refractivity contribution in [1.82, 2.24) is 39.1 Å². The van der Waals surface area contributed by atoms with Crippen molar-refractivity contribution in [1.29, 1.82) is 0 Å². The molecule has 8 rings (SSSR count). The first-order chi connectivity index (χ1) is 42.6. The van der Waals surface area contributed by atoms with E-state index in [0.717, 1.165) is 0 Å². The lowest BCUT2D eigenvalue weighted by atomic mass is 10.1. The second-order valence-corrected chi connectivity index (χ2v) is 27.9. The number of alkyl halides is 1. The number of rotatable bonds is 19. The van der Waals surface area contributed by atoms with E-state index in [1.807, 2.05) is 24.3 Å². The number of aromatic nitrogens is 4. The lowest BCUT2D eigenvalue weighted by molar-refractivity contribution is -0.128. The molecule has 496 valence electrons. The molecule has 4 aromatic heterocycles. The van der Waals surface area contributed by atoms with Crippen LogP contribution in [0.4, 0.5) is 0 Å². The summed E-state index contributed by atoms with van der Waals surface area (Å²) in [5.74, 6) is -2.01. The number of nitrogens with zero attached hydrogens (tertiary/aromatic N) is 7. The van der Waals surface area contributed by atoms with Crippen LogP contribution in [0, 0.1) is 0 Å². The molecule has 0 spiro atoms. The van der Waals surface area contributed by atoms with Crippen molar-refractivity contribution in [2.75, 3.05) is 86.9 Å². The normalized spacial score (nSPS) is 14.3. The first kappa shape index (κ1) is 72.8. The van der Waals surface area contributed by atoms with Crippen LogP contribution in [0.25, 0.3) is 21.8 Å². The van der Waals surface area contributed by atoms with Crippen LogP contribution in [0.3, 0.4) is 0 Å². The molecule has 6 heterocycles. The Bertz CT molecular complexity index is 3590. The third-order valence-electron chi connectivity index (χ3n) is 13.0. The molecule has 4 amide bonds. The van der Waals surface area contributed by atoms with E-state index >= 15 is 0 Å². The number of phosphoric acid groups is 2. The van der Waals surface area contributed by atoms with Gasteiger partial charge in [0.25, 0.3) is 35.2 Å². The Labute approximate surface area is 535 Å². The number of halogens is 1. The smallest absolute Gasteiger partial charge is 0.477 e. The first-order valence-electron chi connectivity index (χ1n) is 29.0. The largest absolute Gasteiger partial charge is 0.494 e. The maximum Gasteiger partial charge on any atom is 0.477 e. The number of hydrogen-bond acceptors (Lipinski definition) is 20. The summed E-state index contributed by atoms with van der Waals surface area (Å²) in [5.41, 5.74) is -0.839. The van der Waals surface area contributed by atoms with Gasteiger partial charge in [0.15, 0.2) is 0 Å². The van der Waals surface area contributed by atoms with Gasteiger partial charge in [-0.3, -0.25) is 55.9 Å². The molecule has 29 heteroatoms. The van der Waals surface area contributed by atoms with Gasteiger partial charge in [0.05, 0.1) is 85.1 Å². The molecule has 0 bridgehead atoms. The number of pyridine rings is 2. The molecule has 0 unspecified atom stereocenters. The highest BCUT2D eigenvalue weighted by Gasteiger charge is 2.40. The lowest BCUT2D eigenvalue weighted by Crippen LogP contribution is -2.52. The van der Waals surface area contributed by atoms with Crippen LogP contribution in [-0.2, 0) is 52.6 Å². The molecule has 0 atom stereocenters. The Morgan fingerprint density at radius 3 is 1.26 bits per heavy atom. The van der Waals surface area contributed by atoms with Gasteiger partial charge >= 0.3 is 15.6 Å². The number of amides is 4. The number of ether oxygens (including phenoxy) is 4. The number of phosphoric ester groups is 2. The highest BCUT2D eigenvalue weighted by Crippen LogP contribution is 2.57. The van der Waals surface area contributed by atoms with Crippen molar-refractivity contribution in [3.63, 3.8) is 0 Å². The summed E-state index contributed by atoms with van der Waals surface area (Å²) >= 11 is 5.39. The molecule has 0 aliphatic carbocycles. The maximum atomic E-state index is 13.8. The zero-order chi connectivity index (χ0) is 67.4. The molecule has 2 aromatic carbocycles. The van der Waals surface area contributed by atoms with Gasteiger partial charge in [-0.1, -0.05) is 48.0 Å². The summed E-state index contributed by atoms with van der Waals surface area (Å²) in [6.45, 7) is 22.7. The van der Waals surface area contributed by atoms with E-state index in [0.29, 0.717) is 46.7 Å². The maximum absolute atomic E-state index is 13.8. The van der Waals surface area contributed by atoms with E-state index in [-0.39, 0.29) is 90.8 Å². The number of benzene rings is 2. The number of Topliss-reactive ketones (excluding diaryl/α,β-unsaturated/α-hetero) is 2. The van der Waals surface area contributed by atoms with Crippen LogP contribution < -0.4 is 18.9 Å². The number of nitrogens with one attached hydrogen (secondary N) is 1. The van der Waals surface area contributed by atoms with Crippen LogP contribution in [0.5, 0.6) is 23.3 Å². The predicted octanol–water partition coefficient (Wildman–Crippen LogP) is 10.6. The predicted molar refractivity (Wildman–Crippen MR) is 340 cm³/mol. The van der Waals surface area contributed by atoms with Crippen molar-refractivity contribution >= 4 is 84.2 Å². The van der Waals surface area contributed by atoms with Crippen LogP contribution in [0.1, 0.15) is 125 Å². The Hall–Kier alpha value is -7.25. The minimum absolute atomic E-state index is 0.0160. The molecule has 2 aliphatic heterocycles. The summed E-state index contributed by atoms with van der Waals surface area (Å²) in [7, 11) is -1.98. The standard InChI is InChI=1S/C31H41N4O9P.C22H22N4O5.C9H20ClO4P/c1-30(2,3)43-45(39,44-31(4,5)6)42-20-35-19-22(24-23(40-7)18-32-27(41-8)25(24)35)26(36)29(38)34-16-14-33(15-17-34)28(37)21-12-10-9-11-13-21;1-30-16-13-24-20(31-2)18-17(16)15(12-23-18)19(27)22(29)26-10-8-25(9-11-26)21(28)14-6-4-3-5-7-14;1-8(2,3)13-15(11,12-7-10)14-9(4,5)6/h9-13,18-19H,14-17,20H2,1-8H3;3-7,12-13,23H,8-11H2,1-2H3;7H2,1-6H3. The molecule has 6 aromatic rings. The first-order valence-corrected chi connectivity index (χ1v) is 32.5. The minimum Gasteiger partial charge on any atom is -0.494 e. The van der Waals surface area contributed by atoms with Crippen molar-refractivity contribution in [2.24, 2.45) is 0 Å². The summed E-state index contributed by atoms with van der Waals surface area (Å²) in [6.07, 6.45) is 5.71. The highest BCUT2D eigenvalue weighted by molar-refractivity contribution is 7.48. The monoisotopic (exact) mass is 1320 g/mol. The average molecular weight is 1330 g/mol. The van der Waals surface area contributed by atoms with Crippen molar-refractivity contribution in [2.45, 2.75) is 112 Å². The van der Waals surface area contributed by atoms with Crippen molar-refractivity contribution in [3.8, 4) is 23.3 Å². The third-order valence-corrected chi connectivity index (χ3v) is 17.2. The van der Waals surface area contributed by atoms with Gasteiger partial charge in [-0.15, -0.1) is 0 Å². The third kappa shape index (κ3) is 19.6. The number of piperazine rings is 2. The fourth-order valence-corrected chi connectivity index (χ4v) is 13.1. The Kier molecular flexibility index (Phi) is 24.4. The number of H-pyrrole nitrogens is 1. The number of hydrogen-bond donors (Lipinski definition) is 1. The Morgan fingerprint density at radius 2 is 0.879 bits per heavy atom. The molecule has 26 nitrogen and oxygen atoms in total. The van der Waals surface area contributed by atoms with E-state index < -0.39 is 68.2 Å². The molecule has 0 saturated carbocycles. The van der Waals surface area contributed by atoms with Crippen LogP contribution in [-0.4, -0.2) is 184 Å². The molecule has 2 saturated heterocycles. The number of aromatic amines is 1. The molecule has 91 heavy (non-hydrogen) atoms. The fourth-order valence-electron chi connectivity index (χ4n) is 9.39. The number of fused-ring (bicyclic) bond motifs is 2. The molecule has 2 aliphatic rings. The summed E-state index contributed by atoms with van der Waals surface area (Å²) in [5, 5.41) is 0.720. The van der Waals surface area contributed by atoms with Gasteiger partial charge in [-0.25, -0.2) is 19.1 Å². The Balaban J connectivity index is 0.000000246. The highest BCUT2D eigenvalue weighted by atomic mass is 35.5. The van der Waals surface area contributed by atoms with E-state index in [2.05, 4.69) is 15.0 Å². The molecular formula is C62H83ClN8O18P2. The molecule has 2 fully saturated rings. The summed E-state index contributed by atoms with van der Waals surface area (Å²) in [4.78, 5) is 96.3. The van der Waals surface area contributed by atoms with Gasteiger partial charge in [-0.05, 0) is 107 Å². The average Bonchev–Trinajstić information content (AvgIpc) is 1.63. The number of ketones is 2. The molecule has 0 radical (unpaired) electrons. The fraction of sp³-hybridized carbons (Fsp3) is 0.484. The van der Waals surface area contributed by atoms with Crippen LogP contribution in [0.2, 0.25) is 0 Å².